The Morgan fingerprint density at radius 3 is 2.92 bits per heavy atom. The lowest BCUT2D eigenvalue weighted by atomic mass is 10.3. The number of hydrogen-bond acceptors (Lipinski definition) is 2. The predicted molar refractivity (Wildman–Crippen MR) is 47.7 cm³/mol. The summed E-state index contributed by atoms with van der Waals surface area (Å²) in [6.07, 6.45) is 0. The number of benzene rings is 1. The zero-order valence-electron chi connectivity index (χ0n) is 6.84. The number of halogens is 1. The van der Waals surface area contributed by atoms with E-state index in [0.717, 1.165) is 0 Å². The van der Waals surface area contributed by atoms with Gasteiger partial charge in [0.05, 0.1) is 11.6 Å². The third-order valence-corrected chi connectivity index (χ3v) is 1.50. The van der Waals surface area contributed by atoms with E-state index in [1.165, 1.54) is 0 Å². The molecule has 0 unspecified atom stereocenters. The van der Waals surface area contributed by atoms with Gasteiger partial charge in [0.25, 0.3) is 0 Å². The number of hydrogen-bond donors (Lipinski definition) is 0. The van der Waals surface area contributed by atoms with Crippen LogP contribution in [0, 0.1) is 6.07 Å². The Kier molecular flexibility index (Phi) is 3.91. The highest BCUT2D eigenvalue weighted by Crippen LogP contribution is 2.15. The molecule has 0 aromatic heterocycles. The van der Waals surface area contributed by atoms with Crippen LogP contribution in [0.1, 0.15) is 0 Å². The molecular weight excluding hydrogens is 176 g/mol. The van der Waals surface area contributed by atoms with Crippen molar-refractivity contribution in [1.29, 1.82) is 0 Å². The summed E-state index contributed by atoms with van der Waals surface area (Å²) >= 11 is 5.69. The first kappa shape index (κ1) is 9.36. The van der Waals surface area contributed by atoms with Gasteiger partial charge in [-0.1, -0.05) is 17.7 Å². The van der Waals surface area contributed by atoms with E-state index in [1.54, 1.807) is 13.2 Å². The highest BCUT2D eigenvalue weighted by molar-refractivity contribution is 6.30. The van der Waals surface area contributed by atoms with Crippen molar-refractivity contribution in [3.8, 4) is 5.75 Å². The first-order valence-electron chi connectivity index (χ1n) is 3.62. The molecule has 0 saturated carbocycles. The van der Waals surface area contributed by atoms with E-state index in [2.05, 4.69) is 6.07 Å². The number of methoxy groups -OCH3 is 1. The van der Waals surface area contributed by atoms with E-state index in [4.69, 9.17) is 21.1 Å². The average Bonchev–Trinajstić information content (AvgIpc) is 2.05. The standard InChI is InChI=1S/C9H10ClO2/c1-11-5-6-12-9-4-2-3-8(10)7-9/h2-4H,5-6H2,1H3. The molecular formula is C9H10ClO2. The van der Waals surface area contributed by atoms with E-state index in [9.17, 15) is 0 Å². The molecule has 0 atom stereocenters. The minimum atomic E-state index is 0.521. The molecule has 2 nitrogen and oxygen atoms in total. The molecule has 1 radical (unpaired) electrons. The van der Waals surface area contributed by atoms with Crippen LogP contribution in [0.2, 0.25) is 5.02 Å². The van der Waals surface area contributed by atoms with Crippen LogP contribution in [0.15, 0.2) is 18.2 Å². The fourth-order valence-corrected chi connectivity index (χ4v) is 0.906. The van der Waals surface area contributed by atoms with Crippen LogP contribution in [0.5, 0.6) is 5.75 Å². The van der Waals surface area contributed by atoms with Crippen molar-refractivity contribution in [3.63, 3.8) is 0 Å². The Hall–Kier alpha value is -0.730. The molecule has 0 fully saturated rings. The topological polar surface area (TPSA) is 18.5 Å². The monoisotopic (exact) mass is 185 g/mol. The SMILES string of the molecule is COCCOc1[c]c(Cl)ccc1. The van der Waals surface area contributed by atoms with Crippen LogP contribution in [0.3, 0.4) is 0 Å². The van der Waals surface area contributed by atoms with E-state index >= 15 is 0 Å². The van der Waals surface area contributed by atoms with Gasteiger partial charge in [0.2, 0.25) is 0 Å². The molecule has 0 N–H and O–H groups in total. The molecule has 0 bridgehead atoms. The van der Waals surface area contributed by atoms with Gasteiger partial charge >= 0.3 is 0 Å². The molecule has 0 heterocycles. The first-order valence-corrected chi connectivity index (χ1v) is 4.00. The van der Waals surface area contributed by atoms with Crippen LogP contribution in [-0.4, -0.2) is 20.3 Å². The van der Waals surface area contributed by atoms with Crippen LogP contribution < -0.4 is 4.74 Å². The molecule has 3 heteroatoms. The van der Waals surface area contributed by atoms with Gasteiger partial charge in [-0.2, -0.15) is 0 Å². The third-order valence-electron chi connectivity index (χ3n) is 1.28. The lowest BCUT2D eigenvalue weighted by Gasteiger charge is -2.04. The Balaban J connectivity index is 2.41. The van der Waals surface area contributed by atoms with Crippen molar-refractivity contribution in [3.05, 3.63) is 29.3 Å². The molecule has 1 rings (SSSR count). The second-order valence-corrected chi connectivity index (χ2v) is 2.61. The van der Waals surface area contributed by atoms with Gasteiger partial charge in [0, 0.05) is 13.2 Å². The fraction of sp³-hybridized carbons (Fsp3) is 0.333. The Labute approximate surface area is 77.1 Å². The molecule has 1 aromatic carbocycles. The van der Waals surface area contributed by atoms with E-state index < -0.39 is 0 Å². The Morgan fingerprint density at radius 1 is 1.42 bits per heavy atom. The molecule has 0 aliphatic carbocycles. The van der Waals surface area contributed by atoms with Crippen LogP contribution >= 0.6 is 11.6 Å². The lowest BCUT2D eigenvalue weighted by Crippen LogP contribution is -2.03. The van der Waals surface area contributed by atoms with Crippen LogP contribution in [0.25, 0.3) is 0 Å². The lowest BCUT2D eigenvalue weighted by molar-refractivity contribution is 0.146. The largest absolute Gasteiger partial charge is 0.490 e. The summed E-state index contributed by atoms with van der Waals surface area (Å²) in [4.78, 5) is 0. The first-order chi connectivity index (χ1) is 5.83. The summed E-state index contributed by atoms with van der Waals surface area (Å²) < 4.78 is 10.1. The van der Waals surface area contributed by atoms with Crippen molar-refractivity contribution in [2.75, 3.05) is 20.3 Å². The summed E-state index contributed by atoms with van der Waals surface area (Å²) in [6.45, 7) is 1.09. The average molecular weight is 186 g/mol. The molecule has 12 heavy (non-hydrogen) atoms. The van der Waals surface area contributed by atoms with Gasteiger partial charge in [-0.3, -0.25) is 0 Å². The van der Waals surface area contributed by atoms with Crippen LogP contribution in [-0.2, 0) is 4.74 Å². The molecule has 0 spiro atoms. The minimum absolute atomic E-state index is 0.521. The highest BCUT2D eigenvalue weighted by atomic mass is 35.5. The van der Waals surface area contributed by atoms with Gasteiger partial charge in [0.1, 0.15) is 12.4 Å². The van der Waals surface area contributed by atoms with Crippen molar-refractivity contribution in [2.45, 2.75) is 0 Å². The molecule has 0 aliphatic heterocycles. The molecule has 0 aliphatic rings. The fourth-order valence-electron chi connectivity index (χ4n) is 0.740. The van der Waals surface area contributed by atoms with E-state index in [0.29, 0.717) is 24.0 Å². The maximum Gasteiger partial charge on any atom is 0.128 e. The minimum Gasteiger partial charge on any atom is -0.490 e. The van der Waals surface area contributed by atoms with Gasteiger partial charge in [0.15, 0.2) is 0 Å². The summed E-state index contributed by atoms with van der Waals surface area (Å²) in [5, 5.41) is 0.560. The molecule has 0 amide bonds. The summed E-state index contributed by atoms with van der Waals surface area (Å²) in [5.74, 6) is 0.652. The maximum absolute atomic E-state index is 5.69. The summed E-state index contributed by atoms with van der Waals surface area (Å²) in [5.41, 5.74) is 0. The third kappa shape index (κ3) is 3.11. The van der Waals surface area contributed by atoms with Crippen LogP contribution in [0.4, 0.5) is 0 Å². The molecule has 0 saturated heterocycles. The zero-order chi connectivity index (χ0) is 8.81. The number of ether oxygens (including phenoxy) is 2. The van der Waals surface area contributed by atoms with Gasteiger partial charge in [-0.25, -0.2) is 0 Å². The van der Waals surface area contributed by atoms with E-state index in [1.807, 2.05) is 12.1 Å². The van der Waals surface area contributed by atoms with Gasteiger partial charge in [-0.05, 0) is 12.1 Å². The van der Waals surface area contributed by atoms with Crippen molar-refractivity contribution < 1.29 is 9.47 Å². The smallest absolute Gasteiger partial charge is 0.128 e. The highest BCUT2D eigenvalue weighted by Gasteiger charge is 1.94. The number of rotatable bonds is 4. The second-order valence-electron chi connectivity index (χ2n) is 2.20. The normalized spacial score (nSPS) is 9.83. The Bertz CT molecular complexity index is 238. The Morgan fingerprint density at radius 2 is 2.25 bits per heavy atom. The quantitative estimate of drug-likeness (QED) is 0.670. The van der Waals surface area contributed by atoms with Crippen molar-refractivity contribution in [2.24, 2.45) is 0 Å². The molecule has 65 valence electrons. The summed E-state index contributed by atoms with van der Waals surface area (Å²) in [6, 6.07) is 8.24. The van der Waals surface area contributed by atoms with Gasteiger partial charge < -0.3 is 9.47 Å². The van der Waals surface area contributed by atoms with Gasteiger partial charge in [-0.15, -0.1) is 0 Å². The van der Waals surface area contributed by atoms with Crippen molar-refractivity contribution >= 4 is 11.6 Å². The predicted octanol–water partition coefficient (Wildman–Crippen LogP) is 2.17. The maximum atomic E-state index is 5.69. The van der Waals surface area contributed by atoms with E-state index in [-0.39, 0.29) is 0 Å². The zero-order valence-corrected chi connectivity index (χ0v) is 7.60. The summed E-state index contributed by atoms with van der Waals surface area (Å²) in [7, 11) is 1.63. The molecule has 1 aromatic rings. The second kappa shape index (κ2) is 5.01. The van der Waals surface area contributed by atoms with Crippen molar-refractivity contribution in [1.82, 2.24) is 0 Å².